The highest BCUT2D eigenvalue weighted by atomic mass is 19.4. The van der Waals surface area contributed by atoms with Gasteiger partial charge in [0.25, 0.3) is 0 Å². The number of carbonyl (C=O) groups is 1. The number of halogens is 7. The minimum atomic E-state index is -5.09. The second-order valence-corrected chi connectivity index (χ2v) is 12.0. The predicted molar refractivity (Wildman–Crippen MR) is 153 cm³/mol. The van der Waals surface area contributed by atoms with Crippen LogP contribution in [0.3, 0.4) is 0 Å². The largest absolute Gasteiger partial charge is 0.454 e. The quantitative estimate of drug-likeness (QED) is 0.210. The van der Waals surface area contributed by atoms with Crippen LogP contribution in [-0.4, -0.2) is 41.7 Å². The molecule has 1 saturated heterocycles. The van der Waals surface area contributed by atoms with Crippen LogP contribution in [0.15, 0.2) is 72.8 Å². The van der Waals surface area contributed by atoms with E-state index in [0.29, 0.717) is 49.3 Å². The van der Waals surface area contributed by atoms with Gasteiger partial charge in [0.15, 0.2) is 0 Å². The molecule has 2 aliphatic rings. The van der Waals surface area contributed by atoms with Crippen molar-refractivity contribution in [2.45, 2.75) is 74.4 Å². The number of nitrogens with zero attached hydrogens (tertiary/aromatic N) is 1. The summed E-state index contributed by atoms with van der Waals surface area (Å²) >= 11 is 0. The molecule has 1 heterocycles. The number of alkyl halides is 6. The zero-order valence-corrected chi connectivity index (χ0v) is 24.4. The normalized spacial score (nSPS) is 22.6. The van der Waals surface area contributed by atoms with E-state index in [2.05, 4.69) is 4.90 Å². The van der Waals surface area contributed by atoms with Crippen LogP contribution in [0.1, 0.15) is 78.4 Å². The van der Waals surface area contributed by atoms with Gasteiger partial charge in [0.1, 0.15) is 11.9 Å². The molecule has 45 heavy (non-hydrogen) atoms. The summed E-state index contributed by atoms with van der Waals surface area (Å²) in [5, 5.41) is 10.0. The first kappa shape index (κ1) is 32.9. The van der Waals surface area contributed by atoms with Crippen molar-refractivity contribution in [3.05, 3.63) is 106 Å². The maximum atomic E-state index is 13.9. The number of aliphatic hydroxyl groups excluding tert-OH is 1. The Kier molecular flexibility index (Phi) is 9.60. The summed E-state index contributed by atoms with van der Waals surface area (Å²) in [6.07, 6.45) is -8.14. The first-order chi connectivity index (χ1) is 21.3. The third kappa shape index (κ3) is 7.35. The molecule has 0 aromatic heterocycles. The molecule has 242 valence electrons. The standard InChI is InChI=1S/C34H34F7NO3/c35-28-8-6-22(7-9-28)23-12-16-42(17-13-23)29-10-14-32(15-11-29,25-4-2-1-3-5-25)31(44)45-30(21-43)24-18-26(33(36,37)38)20-27(19-24)34(39,40)41/h1-9,18-20,23,29-30,43H,10-17,21H2. The molecule has 0 spiro atoms. The lowest BCUT2D eigenvalue weighted by molar-refractivity contribution is -0.161. The SMILES string of the molecule is O=C(OC(CO)c1cc(C(F)(F)F)cc(C(F)(F)F)c1)C1(c2ccccc2)CCC(N2CCC(c3ccc(F)cc3)CC2)CC1. The van der Waals surface area contributed by atoms with E-state index in [4.69, 9.17) is 4.74 Å². The number of esters is 1. The van der Waals surface area contributed by atoms with Crippen molar-refractivity contribution >= 4 is 5.97 Å². The smallest absolute Gasteiger partial charge is 0.416 e. The van der Waals surface area contributed by atoms with Crippen molar-refractivity contribution in [2.75, 3.05) is 19.7 Å². The number of carbonyl (C=O) groups excluding carboxylic acids is 1. The fourth-order valence-electron chi connectivity index (χ4n) is 6.78. The maximum Gasteiger partial charge on any atom is 0.416 e. The number of hydrogen-bond acceptors (Lipinski definition) is 4. The molecule has 0 radical (unpaired) electrons. The summed E-state index contributed by atoms with van der Waals surface area (Å²) in [6, 6.07) is 16.5. The van der Waals surface area contributed by atoms with Crippen LogP contribution < -0.4 is 0 Å². The van der Waals surface area contributed by atoms with Gasteiger partial charge in [-0.3, -0.25) is 4.79 Å². The summed E-state index contributed by atoms with van der Waals surface area (Å²) in [4.78, 5) is 16.3. The summed E-state index contributed by atoms with van der Waals surface area (Å²) in [5.41, 5.74) is -3.14. The first-order valence-electron chi connectivity index (χ1n) is 15.0. The molecule has 1 unspecified atom stereocenters. The molecule has 3 aromatic carbocycles. The highest BCUT2D eigenvalue weighted by molar-refractivity contribution is 5.83. The Bertz CT molecular complexity index is 1410. The summed E-state index contributed by atoms with van der Waals surface area (Å²) < 4.78 is 99.9. The molecule has 5 rings (SSSR count). The van der Waals surface area contributed by atoms with Crippen LogP contribution in [0.25, 0.3) is 0 Å². The monoisotopic (exact) mass is 637 g/mol. The van der Waals surface area contributed by atoms with E-state index in [1.807, 2.05) is 12.1 Å². The topological polar surface area (TPSA) is 49.8 Å². The minimum Gasteiger partial charge on any atom is -0.454 e. The number of likely N-dealkylation sites (tertiary alicyclic amines) is 1. The van der Waals surface area contributed by atoms with Crippen LogP contribution in [-0.2, 0) is 27.3 Å². The Hall–Kier alpha value is -3.44. The van der Waals surface area contributed by atoms with Gasteiger partial charge >= 0.3 is 18.3 Å². The average Bonchev–Trinajstić information content (AvgIpc) is 3.03. The fraction of sp³-hybridized carbons (Fsp3) is 0.441. The predicted octanol–water partition coefficient (Wildman–Crippen LogP) is 8.20. The lowest BCUT2D eigenvalue weighted by atomic mass is 9.67. The number of aliphatic hydroxyl groups is 1. The van der Waals surface area contributed by atoms with E-state index in [1.54, 1.807) is 30.3 Å². The molecular formula is C34H34F7NO3. The zero-order valence-electron chi connectivity index (χ0n) is 24.4. The third-order valence-electron chi connectivity index (χ3n) is 9.31. The van der Waals surface area contributed by atoms with Crippen LogP contribution in [0.5, 0.6) is 0 Å². The summed E-state index contributed by atoms with van der Waals surface area (Å²) in [7, 11) is 0. The van der Waals surface area contributed by atoms with Gasteiger partial charge in [0.2, 0.25) is 0 Å². The second kappa shape index (κ2) is 13.1. The Morgan fingerprint density at radius 2 is 1.40 bits per heavy atom. The molecule has 1 atom stereocenters. The molecule has 1 aliphatic heterocycles. The highest BCUT2D eigenvalue weighted by Crippen LogP contribution is 2.45. The second-order valence-electron chi connectivity index (χ2n) is 12.0. The molecule has 0 bridgehead atoms. The molecule has 11 heteroatoms. The average molecular weight is 638 g/mol. The highest BCUT2D eigenvalue weighted by Gasteiger charge is 2.47. The number of ether oxygens (including phenoxy) is 1. The van der Waals surface area contributed by atoms with Gasteiger partial charge in [-0.2, -0.15) is 26.3 Å². The van der Waals surface area contributed by atoms with Crippen molar-refractivity contribution in [2.24, 2.45) is 0 Å². The van der Waals surface area contributed by atoms with E-state index in [9.17, 15) is 40.6 Å². The lowest BCUT2D eigenvalue weighted by Gasteiger charge is -2.44. The van der Waals surface area contributed by atoms with Gasteiger partial charge in [-0.1, -0.05) is 42.5 Å². The van der Waals surface area contributed by atoms with E-state index in [-0.39, 0.29) is 17.9 Å². The number of benzene rings is 3. The van der Waals surface area contributed by atoms with Crippen LogP contribution in [0, 0.1) is 5.82 Å². The Labute approximate surface area is 256 Å². The number of piperidine rings is 1. The number of rotatable bonds is 7. The Morgan fingerprint density at radius 1 is 0.844 bits per heavy atom. The lowest BCUT2D eigenvalue weighted by Crippen LogP contribution is -2.48. The van der Waals surface area contributed by atoms with Gasteiger partial charge in [-0.25, -0.2) is 4.39 Å². The molecule has 1 aliphatic carbocycles. The first-order valence-corrected chi connectivity index (χ1v) is 15.0. The Balaban J connectivity index is 1.33. The molecule has 4 nitrogen and oxygen atoms in total. The molecular weight excluding hydrogens is 603 g/mol. The van der Waals surface area contributed by atoms with Gasteiger partial charge in [-0.05, 0) is 105 Å². The Morgan fingerprint density at radius 3 is 1.91 bits per heavy atom. The van der Waals surface area contributed by atoms with E-state index in [0.717, 1.165) is 31.5 Å². The summed E-state index contributed by atoms with van der Waals surface area (Å²) in [5.74, 6) is -0.745. The van der Waals surface area contributed by atoms with E-state index in [1.165, 1.54) is 12.1 Å². The van der Waals surface area contributed by atoms with Crippen molar-refractivity contribution in [1.82, 2.24) is 4.90 Å². The van der Waals surface area contributed by atoms with Crippen molar-refractivity contribution in [3.8, 4) is 0 Å². The number of hydrogen-bond donors (Lipinski definition) is 1. The maximum absolute atomic E-state index is 13.9. The van der Waals surface area contributed by atoms with E-state index >= 15 is 0 Å². The van der Waals surface area contributed by atoms with Crippen molar-refractivity contribution in [3.63, 3.8) is 0 Å². The van der Waals surface area contributed by atoms with Gasteiger partial charge in [0, 0.05) is 6.04 Å². The molecule has 1 N–H and O–H groups in total. The van der Waals surface area contributed by atoms with Crippen LogP contribution in [0.2, 0.25) is 0 Å². The van der Waals surface area contributed by atoms with Gasteiger partial charge < -0.3 is 14.7 Å². The molecule has 1 saturated carbocycles. The molecule has 0 amide bonds. The zero-order chi connectivity index (χ0) is 32.4. The van der Waals surface area contributed by atoms with Crippen molar-refractivity contribution < 1.29 is 45.4 Å². The van der Waals surface area contributed by atoms with Crippen LogP contribution in [0.4, 0.5) is 30.7 Å². The van der Waals surface area contributed by atoms with Crippen molar-refractivity contribution in [1.29, 1.82) is 0 Å². The summed E-state index contributed by atoms with van der Waals surface area (Å²) in [6.45, 7) is 0.666. The van der Waals surface area contributed by atoms with Crippen LogP contribution >= 0.6 is 0 Å². The fourth-order valence-corrected chi connectivity index (χ4v) is 6.78. The van der Waals surface area contributed by atoms with E-state index < -0.39 is 53.1 Å². The molecule has 2 fully saturated rings. The minimum absolute atomic E-state index is 0.00500. The van der Waals surface area contributed by atoms with Gasteiger partial charge in [-0.15, -0.1) is 0 Å². The third-order valence-corrected chi connectivity index (χ3v) is 9.31. The van der Waals surface area contributed by atoms with Gasteiger partial charge in [0.05, 0.1) is 23.1 Å². The molecule has 3 aromatic rings.